The zero-order chi connectivity index (χ0) is 28.2. The van der Waals surface area contributed by atoms with Gasteiger partial charge in [0.05, 0.1) is 11.4 Å². The average molecular weight is 532 g/mol. The highest BCUT2D eigenvalue weighted by molar-refractivity contribution is 5.85. The van der Waals surface area contributed by atoms with Crippen molar-refractivity contribution in [2.45, 2.75) is 6.92 Å². The van der Waals surface area contributed by atoms with Gasteiger partial charge in [-0.1, -0.05) is 96.6 Å². The number of aromatic nitrogens is 1. The predicted octanol–water partition coefficient (Wildman–Crippen LogP) is 9.81. The molecule has 200 valence electrons. The minimum absolute atomic E-state index is 0.944. The molecular formula is C38H33N3. The molecule has 6 rings (SSSR count). The van der Waals surface area contributed by atoms with Crippen LogP contribution >= 0.6 is 0 Å². The summed E-state index contributed by atoms with van der Waals surface area (Å²) in [4.78, 5) is 5.17. The molecule has 0 radical (unpaired) electrons. The summed E-state index contributed by atoms with van der Waals surface area (Å²) < 4.78 is 0. The second kappa shape index (κ2) is 11.5. The molecule has 0 saturated heterocycles. The third kappa shape index (κ3) is 5.61. The molecule has 0 aliphatic rings. The van der Waals surface area contributed by atoms with Gasteiger partial charge >= 0.3 is 0 Å². The third-order valence-electron chi connectivity index (χ3n) is 7.49. The molecule has 1 aromatic heterocycles. The van der Waals surface area contributed by atoms with Crippen molar-refractivity contribution in [3.05, 3.63) is 139 Å². The van der Waals surface area contributed by atoms with Gasteiger partial charge in [0.15, 0.2) is 0 Å². The van der Waals surface area contributed by atoms with Gasteiger partial charge in [-0.3, -0.25) is 0 Å². The fourth-order valence-corrected chi connectivity index (χ4v) is 5.31. The summed E-state index contributed by atoms with van der Waals surface area (Å²) >= 11 is 0. The predicted molar refractivity (Wildman–Crippen MR) is 175 cm³/mol. The molecule has 1 heterocycles. The van der Waals surface area contributed by atoms with E-state index in [2.05, 4.69) is 145 Å². The molecule has 0 atom stereocenters. The molecule has 0 aliphatic heterocycles. The lowest BCUT2D eigenvalue weighted by molar-refractivity contribution is 1.32. The van der Waals surface area contributed by atoms with Crippen LogP contribution in [0.2, 0.25) is 0 Å². The molecule has 2 N–H and O–H groups in total. The van der Waals surface area contributed by atoms with Crippen LogP contribution in [0.1, 0.15) is 5.56 Å². The van der Waals surface area contributed by atoms with E-state index in [-0.39, 0.29) is 0 Å². The van der Waals surface area contributed by atoms with Crippen LogP contribution in [0.5, 0.6) is 0 Å². The summed E-state index contributed by atoms with van der Waals surface area (Å²) in [6.45, 7) is 2.14. The molecule has 0 unspecified atom stereocenters. The van der Waals surface area contributed by atoms with E-state index in [0.29, 0.717) is 0 Å². The number of rotatable bonds is 7. The van der Waals surface area contributed by atoms with Crippen LogP contribution < -0.4 is 10.6 Å². The monoisotopic (exact) mass is 531 g/mol. The lowest BCUT2D eigenvalue weighted by Crippen LogP contribution is -1.95. The molecule has 0 spiro atoms. The first-order chi connectivity index (χ1) is 20.1. The van der Waals surface area contributed by atoms with Gasteiger partial charge in [0.2, 0.25) is 0 Å². The fourth-order valence-electron chi connectivity index (χ4n) is 5.31. The smallest absolute Gasteiger partial charge is 0.0715 e. The van der Waals surface area contributed by atoms with Crippen molar-refractivity contribution in [1.29, 1.82) is 0 Å². The van der Waals surface area contributed by atoms with E-state index in [9.17, 15) is 0 Å². The van der Waals surface area contributed by atoms with Gasteiger partial charge in [-0.25, -0.2) is 4.98 Å². The molecule has 5 aromatic carbocycles. The van der Waals surface area contributed by atoms with E-state index in [1.54, 1.807) is 0 Å². The Labute approximate surface area is 242 Å². The maximum Gasteiger partial charge on any atom is 0.0715 e. The van der Waals surface area contributed by atoms with Crippen molar-refractivity contribution in [2.24, 2.45) is 0 Å². The van der Waals surface area contributed by atoms with E-state index in [0.717, 1.165) is 50.6 Å². The van der Waals surface area contributed by atoms with E-state index in [1.807, 2.05) is 20.2 Å². The molecule has 3 nitrogen and oxygen atoms in total. The number of hydrogen-bond donors (Lipinski definition) is 2. The molecule has 6 aromatic rings. The second-order valence-corrected chi connectivity index (χ2v) is 10.3. The summed E-state index contributed by atoms with van der Waals surface area (Å²) in [5, 5.41) is 6.61. The molecule has 0 saturated carbocycles. The van der Waals surface area contributed by atoms with Crippen LogP contribution in [0.3, 0.4) is 0 Å². The number of pyridine rings is 1. The lowest BCUT2D eigenvalue weighted by Gasteiger charge is -2.14. The Morgan fingerprint density at radius 3 is 1.73 bits per heavy atom. The fraction of sp³-hybridized carbons (Fsp3) is 0.0789. The second-order valence-electron chi connectivity index (χ2n) is 10.3. The van der Waals surface area contributed by atoms with Crippen LogP contribution in [0.25, 0.3) is 55.9 Å². The van der Waals surface area contributed by atoms with Crippen molar-refractivity contribution in [3.63, 3.8) is 0 Å². The zero-order valence-corrected chi connectivity index (χ0v) is 23.6. The summed E-state index contributed by atoms with van der Waals surface area (Å²) in [6, 6.07) is 47.3. The minimum Gasteiger partial charge on any atom is -0.388 e. The summed E-state index contributed by atoms with van der Waals surface area (Å²) in [6.07, 6.45) is 0. The Morgan fingerprint density at radius 2 is 1.02 bits per heavy atom. The van der Waals surface area contributed by atoms with Crippen molar-refractivity contribution < 1.29 is 0 Å². The molecule has 0 amide bonds. The number of nitrogens with one attached hydrogen (secondary N) is 2. The lowest BCUT2D eigenvalue weighted by atomic mass is 9.95. The third-order valence-corrected chi connectivity index (χ3v) is 7.49. The standard InChI is InChI=1S/C38H33N3/c1-26-10-7-13-28(20-26)29-14-8-15-30(21-29)33-23-37(27-11-5-4-6-12-27)41-38(24-33)32-17-9-16-31(22-32)35-25-34(39-2)18-19-36(35)40-3/h4-25,39-40H,1-3H3. The van der Waals surface area contributed by atoms with Gasteiger partial charge in [0.25, 0.3) is 0 Å². The van der Waals surface area contributed by atoms with Gasteiger partial charge in [-0.05, 0) is 77.2 Å². The van der Waals surface area contributed by atoms with Crippen molar-refractivity contribution in [2.75, 3.05) is 24.7 Å². The average Bonchev–Trinajstić information content (AvgIpc) is 3.04. The number of nitrogens with zero attached hydrogens (tertiary/aromatic N) is 1. The van der Waals surface area contributed by atoms with E-state index in [4.69, 9.17) is 4.98 Å². The number of benzene rings is 5. The van der Waals surface area contributed by atoms with Gasteiger partial charge < -0.3 is 10.6 Å². The summed E-state index contributed by atoms with van der Waals surface area (Å²) in [5.41, 5.74) is 14.5. The van der Waals surface area contributed by atoms with E-state index in [1.165, 1.54) is 22.3 Å². The molecule has 0 fully saturated rings. The van der Waals surface area contributed by atoms with Crippen LogP contribution in [-0.4, -0.2) is 19.1 Å². The molecule has 41 heavy (non-hydrogen) atoms. The van der Waals surface area contributed by atoms with Crippen molar-refractivity contribution >= 4 is 11.4 Å². The Kier molecular flexibility index (Phi) is 7.34. The van der Waals surface area contributed by atoms with Crippen LogP contribution in [0.15, 0.2) is 133 Å². The largest absolute Gasteiger partial charge is 0.388 e. The highest BCUT2D eigenvalue weighted by Crippen LogP contribution is 2.36. The van der Waals surface area contributed by atoms with Crippen molar-refractivity contribution in [3.8, 4) is 55.9 Å². The van der Waals surface area contributed by atoms with Crippen LogP contribution in [0.4, 0.5) is 11.4 Å². The van der Waals surface area contributed by atoms with E-state index < -0.39 is 0 Å². The SMILES string of the molecule is CNc1ccc(NC)c(-c2cccc(-c3cc(-c4cccc(-c5cccc(C)c5)c4)cc(-c4ccccc4)n3)c2)c1. The minimum atomic E-state index is 0.944. The first-order valence-electron chi connectivity index (χ1n) is 14.0. The molecule has 0 aliphatic carbocycles. The maximum atomic E-state index is 5.17. The Bertz CT molecular complexity index is 1820. The maximum absolute atomic E-state index is 5.17. The number of anilines is 2. The Morgan fingerprint density at radius 1 is 0.439 bits per heavy atom. The van der Waals surface area contributed by atoms with Crippen LogP contribution in [-0.2, 0) is 0 Å². The molecule has 3 heteroatoms. The number of aryl methyl sites for hydroxylation is 1. The molecular weight excluding hydrogens is 498 g/mol. The zero-order valence-electron chi connectivity index (χ0n) is 23.6. The van der Waals surface area contributed by atoms with Gasteiger partial charge in [-0.15, -0.1) is 0 Å². The summed E-state index contributed by atoms with van der Waals surface area (Å²) in [7, 11) is 3.91. The normalized spacial score (nSPS) is 10.8. The first kappa shape index (κ1) is 26.1. The number of hydrogen-bond acceptors (Lipinski definition) is 3. The first-order valence-corrected chi connectivity index (χ1v) is 14.0. The van der Waals surface area contributed by atoms with Crippen LogP contribution in [0, 0.1) is 6.92 Å². The Hall–Kier alpha value is -5.15. The van der Waals surface area contributed by atoms with Crippen molar-refractivity contribution in [1.82, 2.24) is 4.98 Å². The quantitative estimate of drug-likeness (QED) is 0.215. The Balaban J connectivity index is 1.49. The molecule has 0 bridgehead atoms. The highest BCUT2D eigenvalue weighted by Gasteiger charge is 2.12. The topological polar surface area (TPSA) is 37.0 Å². The van der Waals surface area contributed by atoms with E-state index >= 15 is 0 Å². The van der Waals surface area contributed by atoms with Gasteiger partial charge in [0, 0.05) is 42.2 Å². The van der Waals surface area contributed by atoms with Gasteiger partial charge in [-0.2, -0.15) is 0 Å². The van der Waals surface area contributed by atoms with Gasteiger partial charge in [0.1, 0.15) is 0 Å². The highest BCUT2D eigenvalue weighted by atomic mass is 14.8. The summed E-state index contributed by atoms with van der Waals surface area (Å²) in [5.74, 6) is 0.